The zero-order chi connectivity index (χ0) is 15.5. The standard InChI is InChI=1S/C14H29N3O3/c1-5-7-12(10-13(18)19)16-14(20)15-8-9-17(4)11(3)6-2/h11-12H,5-10H2,1-4H3,(H,18,19)(H2,15,16,20). The number of carbonyl (C=O) groups is 2. The Hall–Kier alpha value is -1.30. The van der Waals surface area contributed by atoms with E-state index in [0.29, 0.717) is 19.0 Å². The minimum Gasteiger partial charge on any atom is -0.481 e. The lowest BCUT2D eigenvalue weighted by atomic mass is 10.1. The fraction of sp³-hybridized carbons (Fsp3) is 0.857. The van der Waals surface area contributed by atoms with E-state index in [1.165, 1.54) is 0 Å². The molecule has 0 aromatic rings. The first-order chi connectivity index (χ1) is 9.40. The van der Waals surface area contributed by atoms with Crippen LogP contribution in [0.1, 0.15) is 46.5 Å². The smallest absolute Gasteiger partial charge is 0.315 e. The van der Waals surface area contributed by atoms with Gasteiger partial charge in [-0.1, -0.05) is 20.3 Å². The third kappa shape index (κ3) is 8.74. The molecule has 20 heavy (non-hydrogen) atoms. The van der Waals surface area contributed by atoms with Crippen molar-refractivity contribution in [3.8, 4) is 0 Å². The van der Waals surface area contributed by atoms with Crippen LogP contribution in [0.4, 0.5) is 4.79 Å². The molecule has 118 valence electrons. The summed E-state index contributed by atoms with van der Waals surface area (Å²) in [7, 11) is 2.03. The molecule has 3 N–H and O–H groups in total. The van der Waals surface area contributed by atoms with E-state index < -0.39 is 5.97 Å². The number of hydrogen-bond acceptors (Lipinski definition) is 3. The average Bonchev–Trinajstić information content (AvgIpc) is 2.37. The second-order valence-corrected chi connectivity index (χ2v) is 5.22. The maximum Gasteiger partial charge on any atom is 0.315 e. The van der Waals surface area contributed by atoms with E-state index in [1.807, 2.05) is 14.0 Å². The number of hydrogen-bond donors (Lipinski definition) is 3. The summed E-state index contributed by atoms with van der Waals surface area (Å²) in [6.07, 6.45) is 2.55. The first kappa shape index (κ1) is 18.7. The van der Waals surface area contributed by atoms with Crippen LogP contribution in [0.5, 0.6) is 0 Å². The van der Waals surface area contributed by atoms with Crippen molar-refractivity contribution >= 4 is 12.0 Å². The lowest BCUT2D eigenvalue weighted by Crippen LogP contribution is -2.45. The number of nitrogens with zero attached hydrogens (tertiary/aromatic N) is 1. The highest BCUT2D eigenvalue weighted by Crippen LogP contribution is 2.02. The van der Waals surface area contributed by atoms with Crippen molar-refractivity contribution in [1.82, 2.24) is 15.5 Å². The van der Waals surface area contributed by atoms with Crippen LogP contribution < -0.4 is 10.6 Å². The Labute approximate surface area is 121 Å². The monoisotopic (exact) mass is 287 g/mol. The highest BCUT2D eigenvalue weighted by atomic mass is 16.4. The van der Waals surface area contributed by atoms with Crippen molar-refractivity contribution in [2.24, 2.45) is 0 Å². The van der Waals surface area contributed by atoms with E-state index in [-0.39, 0.29) is 18.5 Å². The highest BCUT2D eigenvalue weighted by Gasteiger charge is 2.15. The van der Waals surface area contributed by atoms with Crippen LogP contribution in [0.3, 0.4) is 0 Å². The molecular formula is C14H29N3O3. The maximum atomic E-state index is 11.7. The number of nitrogens with one attached hydrogen (secondary N) is 2. The second kappa shape index (κ2) is 10.5. The second-order valence-electron chi connectivity index (χ2n) is 5.22. The SMILES string of the molecule is CCCC(CC(=O)O)NC(=O)NCCN(C)C(C)CC. The minimum absolute atomic E-state index is 0.0337. The Morgan fingerprint density at radius 1 is 1.30 bits per heavy atom. The number of urea groups is 1. The fourth-order valence-corrected chi connectivity index (χ4v) is 1.90. The molecule has 0 rings (SSSR count). The molecule has 0 aromatic heterocycles. The molecule has 0 saturated heterocycles. The number of amides is 2. The normalized spacial score (nSPS) is 13.8. The van der Waals surface area contributed by atoms with Gasteiger partial charge < -0.3 is 20.6 Å². The van der Waals surface area contributed by atoms with E-state index in [9.17, 15) is 9.59 Å². The van der Waals surface area contributed by atoms with Crippen LogP contribution in [0.25, 0.3) is 0 Å². The first-order valence-corrected chi connectivity index (χ1v) is 7.37. The number of carboxylic acid groups (broad SMARTS) is 1. The Morgan fingerprint density at radius 2 is 1.95 bits per heavy atom. The third-order valence-corrected chi connectivity index (χ3v) is 3.49. The summed E-state index contributed by atoms with van der Waals surface area (Å²) < 4.78 is 0. The van der Waals surface area contributed by atoms with Crippen molar-refractivity contribution in [1.29, 1.82) is 0 Å². The Bertz CT molecular complexity index is 297. The zero-order valence-corrected chi connectivity index (χ0v) is 13.1. The van der Waals surface area contributed by atoms with Crippen LogP contribution in [-0.4, -0.2) is 54.2 Å². The summed E-state index contributed by atoms with van der Waals surface area (Å²) in [6, 6.07) is -0.105. The van der Waals surface area contributed by atoms with Gasteiger partial charge in [0.2, 0.25) is 0 Å². The number of carboxylic acids is 1. The van der Waals surface area contributed by atoms with E-state index in [2.05, 4.69) is 29.4 Å². The molecule has 0 heterocycles. The summed E-state index contributed by atoms with van der Waals surface area (Å²) in [5, 5.41) is 14.3. The van der Waals surface area contributed by atoms with Crippen LogP contribution in [0, 0.1) is 0 Å². The van der Waals surface area contributed by atoms with Gasteiger partial charge in [0.25, 0.3) is 0 Å². The number of aliphatic carboxylic acids is 1. The predicted octanol–water partition coefficient (Wildman–Crippen LogP) is 1.66. The van der Waals surface area contributed by atoms with Gasteiger partial charge in [-0.25, -0.2) is 4.79 Å². The minimum atomic E-state index is -0.889. The topological polar surface area (TPSA) is 81.7 Å². The third-order valence-electron chi connectivity index (χ3n) is 3.49. The van der Waals surface area contributed by atoms with E-state index in [0.717, 1.165) is 19.4 Å². The highest BCUT2D eigenvalue weighted by molar-refractivity contribution is 5.75. The molecule has 0 aromatic carbocycles. The van der Waals surface area contributed by atoms with E-state index >= 15 is 0 Å². The lowest BCUT2D eigenvalue weighted by molar-refractivity contribution is -0.137. The first-order valence-electron chi connectivity index (χ1n) is 7.37. The summed E-state index contributed by atoms with van der Waals surface area (Å²) in [5.41, 5.74) is 0. The Kier molecular flexibility index (Phi) is 9.80. The molecule has 2 amide bonds. The quantitative estimate of drug-likeness (QED) is 0.571. The van der Waals surface area contributed by atoms with Crippen LogP contribution in [-0.2, 0) is 4.79 Å². The maximum absolute atomic E-state index is 11.7. The summed E-state index contributed by atoms with van der Waals surface area (Å²) in [4.78, 5) is 24.6. The molecular weight excluding hydrogens is 258 g/mol. The fourth-order valence-electron chi connectivity index (χ4n) is 1.90. The molecule has 0 aliphatic heterocycles. The van der Waals surface area contributed by atoms with Crippen molar-refractivity contribution in [2.45, 2.75) is 58.5 Å². The van der Waals surface area contributed by atoms with Crippen LogP contribution in [0.15, 0.2) is 0 Å². The molecule has 0 spiro atoms. The largest absolute Gasteiger partial charge is 0.481 e. The van der Waals surface area contributed by atoms with Crippen LogP contribution >= 0.6 is 0 Å². The molecule has 6 heteroatoms. The van der Waals surface area contributed by atoms with Gasteiger partial charge in [-0.2, -0.15) is 0 Å². The summed E-state index contributed by atoms with van der Waals surface area (Å²) in [5.74, 6) is -0.889. The van der Waals surface area contributed by atoms with E-state index in [1.54, 1.807) is 0 Å². The van der Waals surface area contributed by atoms with Gasteiger partial charge in [-0.3, -0.25) is 4.79 Å². The van der Waals surface area contributed by atoms with Gasteiger partial charge in [0.05, 0.1) is 6.42 Å². The van der Waals surface area contributed by atoms with Gasteiger partial charge in [0.1, 0.15) is 0 Å². The van der Waals surface area contributed by atoms with Crippen molar-refractivity contribution in [2.75, 3.05) is 20.1 Å². The van der Waals surface area contributed by atoms with E-state index in [4.69, 9.17) is 5.11 Å². The van der Waals surface area contributed by atoms with Gasteiger partial charge in [-0.05, 0) is 26.8 Å². The number of carbonyl (C=O) groups excluding carboxylic acids is 1. The van der Waals surface area contributed by atoms with Gasteiger partial charge in [0.15, 0.2) is 0 Å². The number of rotatable bonds is 10. The van der Waals surface area contributed by atoms with Gasteiger partial charge in [0, 0.05) is 25.2 Å². The molecule has 2 unspecified atom stereocenters. The van der Waals surface area contributed by atoms with Crippen molar-refractivity contribution < 1.29 is 14.7 Å². The Balaban J connectivity index is 3.98. The zero-order valence-electron chi connectivity index (χ0n) is 13.1. The molecule has 0 aliphatic rings. The van der Waals surface area contributed by atoms with Gasteiger partial charge in [-0.15, -0.1) is 0 Å². The van der Waals surface area contributed by atoms with Gasteiger partial charge >= 0.3 is 12.0 Å². The molecule has 0 aliphatic carbocycles. The lowest BCUT2D eigenvalue weighted by Gasteiger charge is -2.23. The number of likely N-dealkylation sites (N-methyl/N-ethyl adjacent to an activating group) is 1. The molecule has 0 radical (unpaired) electrons. The predicted molar refractivity (Wildman–Crippen MR) is 79.9 cm³/mol. The van der Waals surface area contributed by atoms with Crippen LogP contribution in [0.2, 0.25) is 0 Å². The summed E-state index contributed by atoms with van der Waals surface area (Å²) in [6.45, 7) is 7.57. The molecule has 0 saturated carbocycles. The Morgan fingerprint density at radius 3 is 2.45 bits per heavy atom. The van der Waals surface area contributed by atoms with Crippen molar-refractivity contribution in [3.05, 3.63) is 0 Å². The molecule has 0 fully saturated rings. The molecule has 0 bridgehead atoms. The summed E-state index contributed by atoms with van der Waals surface area (Å²) >= 11 is 0. The molecule has 2 atom stereocenters. The van der Waals surface area contributed by atoms with Crippen molar-refractivity contribution in [3.63, 3.8) is 0 Å². The molecule has 6 nitrogen and oxygen atoms in total. The average molecular weight is 287 g/mol.